The van der Waals surface area contributed by atoms with Gasteiger partial charge in [-0.3, -0.25) is 13.9 Å². The van der Waals surface area contributed by atoms with Gasteiger partial charge in [0.05, 0.1) is 18.0 Å². The highest BCUT2D eigenvalue weighted by Gasteiger charge is 2.33. The molecule has 26 heavy (non-hydrogen) atoms. The zero-order chi connectivity index (χ0) is 19.1. The van der Waals surface area contributed by atoms with E-state index in [1.807, 2.05) is 0 Å². The van der Waals surface area contributed by atoms with Gasteiger partial charge in [0.25, 0.3) is 5.56 Å². The average molecular weight is 365 g/mol. The molecule has 2 aromatic heterocycles. The molecule has 3 aromatic rings. The number of pyridine rings is 1. The highest BCUT2D eigenvalue weighted by atomic mass is 19.4. The molecule has 1 atom stereocenters. The topological polar surface area (TPSA) is 77.1 Å². The number of halogens is 3. The minimum atomic E-state index is -4.69. The van der Waals surface area contributed by atoms with E-state index in [4.69, 9.17) is 0 Å². The van der Waals surface area contributed by atoms with Crippen molar-refractivity contribution in [2.24, 2.45) is 7.05 Å². The lowest BCUT2D eigenvalue weighted by Crippen LogP contribution is -2.40. The van der Waals surface area contributed by atoms with E-state index in [0.717, 1.165) is 15.2 Å². The molecular formula is C17H14F3N3O3. The summed E-state index contributed by atoms with van der Waals surface area (Å²) >= 11 is 0. The number of hydrogen-bond acceptors (Lipinski definition) is 4. The molecule has 1 aromatic carbocycles. The van der Waals surface area contributed by atoms with E-state index < -0.39 is 29.2 Å². The van der Waals surface area contributed by atoms with Crippen LogP contribution in [-0.2, 0) is 19.8 Å². The van der Waals surface area contributed by atoms with Gasteiger partial charge in [0.15, 0.2) is 0 Å². The van der Waals surface area contributed by atoms with Gasteiger partial charge < -0.3 is 5.11 Å². The van der Waals surface area contributed by atoms with Gasteiger partial charge in [-0.2, -0.15) is 13.2 Å². The Hall–Kier alpha value is -2.94. The van der Waals surface area contributed by atoms with Crippen molar-refractivity contribution < 1.29 is 18.3 Å². The number of aryl methyl sites for hydroxylation is 1. The van der Waals surface area contributed by atoms with Gasteiger partial charge in [0.2, 0.25) is 0 Å². The summed E-state index contributed by atoms with van der Waals surface area (Å²) < 4.78 is 40.1. The van der Waals surface area contributed by atoms with Crippen molar-refractivity contribution >= 4 is 11.0 Å². The smallest absolute Gasteiger partial charge is 0.387 e. The zero-order valence-electron chi connectivity index (χ0n) is 13.6. The molecule has 0 saturated heterocycles. The molecule has 3 rings (SSSR count). The molecular weight excluding hydrogens is 351 g/mol. The molecule has 0 spiro atoms. The van der Waals surface area contributed by atoms with Crippen molar-refractivity contribution in [3.05, 3.63) is 74.6 Å². The van der Waals surface area contributed by atoms with Crippen LogP contribution in [0.25, 0.3) is 11.0 Å². The lowest BCUT2D eigenvalue weighted by Gasteiger charge is -2.15. The van der Waals surface area contributed by atoms with Crippen LogP contribution in [0.1, 0.15) is 17.4 Å². The van der Waals surface area contributed by atoms with Gasteiger partial charge in [0, 0.05) is 7.05 Å². The number of aliphatic hydroxyl groups is 1. The molecule has 0 unspecified atom stereocenters. The maximum absolute atomic E-state index is 12.8. The third-order valence-corrected chi connectivity index (χ3v) is 4.02. The molecule has 0 saturated carbocycles. The molecule has 6 nitrogen and oxygen atoms in total. The summed E-state index contributed by atoms with van der Waals surface area (Å²) in [6.45, 7) is -0.327. The number of alkyl halides is 3. The Bertz CT molecular complexity index is 1070. The molecule has 0 aliphatic heterocycles. The minimum absolute atomic E-state index is 0.139. The van der Waals surface area contributed by atoms with Crippen LogP contribution >= 0.6 is 0 Å². The van der Waals surface area contributed by atoms with E-state index >= 15 is 0 Å². The molecule has 0 bridgehead atoms. The maximum Gasteiger partial charge on any atom is 0.433 e. The monoisotopic (exact) mass is 365 g/mol. The Labute approximate surface area is 144 Å². The van der Waals surface area contributed by atoms with Crippen molar-refractivity contribution in [2.45, 2.75) is 18.8 Å². The van der Waals surface area contributed by atoms with E-state index in [1.165, 1.54) is 7.05 Å². The molecule has 0 fully saturated rings. The third kappa shape index (κ3) is 3.13. The van der Waals surface area contributed by atoms with E-state index in [-0.39, 0.29) is 17.6 Å². The highest BCUT2D eigenvalue weighted by Crippen LogP contribution is 2.28. The van der Waals surface area contributed by atoms with E-state index in [2.05, 4.69) is 4.98 Å². The van der Waals surface area contributed by atoms with Crippen LogP contribution in [0.15, 0.2) is 52.1 Å². The Morgan fingerprint density at radius 2 is 1.77 bits per heavy atom. The first kappa shape index (κ1) is 17.9. The Morgan fingerprint density at radius 1 is 1.12 bits per heavy atom. The first-order valence-corrected chi connectivity index (χ1v) is 7.61. The summed E-state index contributed by atoms with van der Waals surface area (Å²) in [7, 11) is 1.22. The number of aliphatic hydroxyl groups excluding tert-OH is 1. The van der Waals surface area contributed by atoms with Gasteiger partial charge in [-0.25, -0.2) is 9.78 Å². The van der Waals surface area contributed by atoms with E-state index in [9.17, 15) is 27.9 Å². The van der Waals surface area contributed by atoms with Gasteiger partial charge in [0.1, 0.15) is 11.3 Å². The van der Waals surface area contributed by atoms with Gasteiger partial charge in [-0.1, -0.05) is 30.3 Å². The van der Waals surface area contributed by atoms with Gasteiger partial charge in [-0.15, -0.1) is 0 Å². The molecule has 9 heteroatoms. The number of nitrogens with zero attached hydrogens (tertiary/aromatic N) is 3. The van der Waals surface area contributed by atoms with Crippen LogP contribution in [0.5, 0.6) is 0 Å². The first-order chi connectivity index (χ1) is 12.2. The third-order valence-electron chi connectivity index (χ3n) is 4.02. The van der Waals surface area contributed by atoms with Gasteiger partial charge in [-0.05, 0) is 17.7 Å². The fourth-order valence-corrected chi connectivity index (χ4v) is 2.65. The summed E-state index contributed by atoms with van der Waals surface area (Å²) in [5.41, 5.74) is -2.71. The number of aromatic nitrogens is 3. The molecule has 2 heterocycles. The van der Waals surface area contributed by atoms with E-state index in [0.29, 0.717) is 11.6 Å². The summed E-state index contributed by atoms with van der Waals surface area (Å²) in [6.07, 6.45) is -5.82. The van der Waals surface area contributed by atoms with Crippen LogP contribution in [-0.4, -0.2) is 19.2 Å². The number of hydrogen-bond donors (Lipinski definition) is 1. The minimum Gasteiger partial charge on any atom is -0.387 e. The summed E-state index contributed by atoms with van der Waals surface area (Å²) in [5.74, 6) is 0. The fraction of sp³-hybridized carbons (Fsp3) is 0.235. The predicted octanol–water partition coefficient (Wildman–Crippen LogP) is 1.85. The molecule has 1 N–H and O–H groups in total. The van der Waals surface area contributed by atoms with Crippen molar-refractivity contribution in [1.82, 2.24) is 14.1 Å². The second-order valence-electron chi connectivity index (χ2n) is 5.75. The van der Waals surface area contributed by atoms with Crippen LogP contribution in [0, 0.1) is 0 Å². The van der Waals surface area contributed by atoms with Crippen LogP contribution in [0.2, 0.25) is 0 Å². The van der Waals surface area contributed by atoms with Crippen molar-refractivity contribution in [2.75, 3.05) is 0 Å². The van der Waals surface area contributed by atoms with Crippen molar-refractivity contribution in [3.8, 4) is 0 Å². The SMILES string of the molecule is Cn1c(=O)n(C[C@H](O)c2ccccc2)c(=O)c2ccc(C(F)(F)F)nc21. The van der Waals surface area contributed by atoms with Crippen LogP contribution in [0.4, 0.5) is 13.2 Å². The number of rotatable bonds is 3. The standard InChI is InChI=1S/C17H14F3N3O3/c1-22-14-11(7-8-13(21-14)17(18,19)20)15(25)23(16(22)26)9-12(24)10-5-3-2-4-6-10/h2-8,12,24H,9H2,1H3/t12-/m0/s1. The Morgan fingerprint density at radius 3 is 2.38 bits per heavy atom. The molecule has 0 radical (unpaired) electrons. The maximum atomic E-state index is 12.8. The Balaban J connectivity index is 2.14. The van der Waals surface area contributed by atoms with E-state index in [1.54, 1.807) is 30.3 Å². The lowest BCUT2D eigenvalue weighted by molar-refractivity contribution is -0.141. The molecule has 0 aliphatic rings. The highest BCUT2D eigenvalue weighted by molar-refractivity contribution is 5.74. The zero-order valence-corrected chi connectivity index (χ0v) is 13.6. The summed E-state index contributed by atoms with van der Waals surface area (Å²) in [4.78, 5) is 28.4. The average Bonchev–Trinajstić information content (AvgIpc) is 2.62. The second kappa shape index (κ2) is 6.41. The quantitative estimate of drug-likeness (QED) is 0.769. The van der Waals surface area contributed by atoms with Crippen LogP contribution < -0.4 is 11.2 Å². The van der Waals surface area contributed by atoms with Crippen molar-refractivity contribution in [3.63, 3.8) is 0 Å². The molecule has 0 amide bonds. The lowest BCUT2D eigenvalue weighted by atomic mass is 10.1. The number of fused-ring (bicyclic) bond motifs is 1. The summed E-state index contributed by atoms with van der Waals surface area (Å²) in [6, 6.07) is 10.1. The molecule has 0 aliphatic carbocycles. The van der Waals surface area contributed by atoms with Gasteiger partial charge >= 0.3 is 11.9 Å². The normalized spacial score (nSPS) is 13.1. The van der Waals surface area contributed by atoms with Crippen molar-refractivity contribution in [1.29, 1.82) is 0 Å². The second-order valence-corrected chi connectivity index (χ2v) is 5.75. The Kier molecular flexibility index (Phi) is 4.41. The van der Waals surface area contributed by atoms with Crippen LogP contribution in [0.3, 0.4) is 0 Å². The fourth-order valence-electron chi connectivity index (χ4n) is 2.65. The molecule has 136 valence electrons. The first-order valence-electron chi connectivity index (χ1n) is 7.61. The predicted molar refractivity (Wildman–Crippen MR) is 87.6 cm³/mol. The summed E-state index contributed by atoms with van der Waals surface area (Å²) in [5, 5.41) is 10.1. The number of benzene rings is 1. The largest absolute Gasteiger partial charge is 0.433 e.